The molecule has 0 aromatic carbocycles. The number of hydrogen-bond donors (Lipinski definition) is 2. The minimum atomic E-state index is -3.40. The molecule has 0 aromatic rings. The van der Waals surface area contributed by atoms with Crippen molar-refractivity contribution in [2.75, 3.05) is 27.2 Å². The maximum absolute atomic E-state index is 11.8. The minimum Gasteiger partial charge on any atom is -0.392 e. The van der Waals surface area contributed by atoms with Crippen molar-refractivity contribution in [2.24, 2.45) is 5.73 Å². The van der Waals surface area contributed by atoms with Gasteiger partial charge in [0.1, 0.15) is 5.25 Å². The summed E-state index contributed by atoms with van der Waals surface area (Å²) in [5.74, 6) is 0. The molecule has 3 N–H and O–H groups in total. The van der Waals surface area contributed by atoms with Gasteiger partial charge in [-0.3, -0.25) is 0 Å². The molecule has 5 nitrogen and oxygen atoms in total. The molecule has 0 radical (unpaired) electrons. The molecule has 0 saturated heterocycles. The lowest BCUT2D eigenvalue weighted by Gasteiger charge is -2.15. The topological polar surface area (TPSA) is 75.4 Å². The zero-order valence-electron chi connectivity index (χ0n) is 10.1. The zero-order chi connectivity index (χ0) is 12.8. The summed E-state index contributed by atoms with van der Waals surface area (Å²) in [7, 11) is 0.481. The average Bonchev–Trinajstić information content (AvgIpc) is 2.12. The van der Waals surface area contributed by atoms with E-state index in [0.29, 0.717) is 13.0 Å². The second-order valence-electron chi connectivity index (χ2n) is 3.90. The van der Waals surface area contributed by atoms with Crippen molar-refractivity contribution in [3.63, 3.8) is 0 Å². The highest BCUT2D eigenvalue weighted by molar-refractivity contribution is 7.93. The molecule has 0 rings (SSSR count). The Kier molecular flexibility index (Phi) is 7.05. The van der Waals surface area contributed by atoms with E-state index in [0.717, 1.165) is 13.0 Å². The predicted octanol–water partition coefficient (Wildman–Crippen LogP) is -0.0778. The van der Waals surface area contributed by atoms with Crippen molar-refractivity contribution in [1.82, 2.24) is 9.62 Å². The second kappa shape index (κ2) is 7.16. The van der Waals surface area contributed by atoms with Crippen molar-refractivity contribution < 1.29 is 8.42 Å². The van der Waals surface area contributed by atoms with Crippen LogP contribution in [0.3, 0.4) is 0 Å². The highest BCUT2D eigenvalue weighted by Gasteiger charge is 2.25. The highest BCUT2D eigenvalue weighted by atomic mass is 32.2. The smallest absolute Gasteiger partial charge is 0.220 e. The van der Waals surface area contributed by atoms with Crippen molar-refractivity contribution >= 4 is 27.2 Å². The number of sulfonamides is 1. The third-order valence-electron chi connectivity index (χ3n) is 2.15. The number of hydrogen-bond acceptors (Lipinski definition) is 4. The van der Waals surface area contributed by atoms with Crippen LogP contribution in [0, 0.1) is 0 Å². The van der Waals surface area contributed by atoms with Gasteiger partial charge in [0.05, 0.1) is 4.99 Å². The van der Waals surface area contributed by atoms with E-state index in [1.807, 2.05) is 19.0 Å². The van der Waals surface area contributed by atoms with Crippen LogP contribution in [0.2, 0.25) is 0 Å². The standard InChI is InChI=1S/C9H21N3O2S2/c1-4-8(9(10)15)16(13,14)11-6-5-7-12(2)3/h8,11H,4-7H2,1-3H3,(H2,10,15). The fraction of sp³-hybridized carbons (Fsp3) is 0.889. The van der Waals surface area contributed by atoms with Gasteiger partial charge in [-0.25, -0.2) is 13.1 Å². The number of nitrogens with one attached hydrogen (secondary N) is 1. The van der Waals surface area contributed by atoms with E-state index in [4.69, 9.17) is 18.0 Å². The van der Waals surface area contributed by atoms with Gasteiger partial charge in [-0.05, 0) is 33.5 Å². The molecule has 0 aliphatic rings. The Morgan fingerprint density at radius 3 is 2.44 bits per heavy atom. The Labute approximate surface area is 103 Å². The molecule has 1 unspecified atom stereocenters. The average molecular weight is 267 g/mol. The molecule has 0 spiro atoms. The number of nitrogens with zero attached hydrogens (tertiary/aromatic N) is 1. The predicted molar refractivity (Wildman–Crippen MR) is 71.0 cm³/mol. The summed E-state index contributed by atoms with van der Waals surface area (Å²) < 4.78 is 26.0. The fourth-order valence-electron chi connectivity index (χ4n) is 1.28. The summed E-state index contributed by atoms with van der Waals surface area (Å²) in [6, 6.07) is 0. The molecule has 0 aliphatic carbocycles. The molecule has 1 atom stereocenters. The Balaban J connectivity index is 4.19. The van der Waals surface area contributed by atoms with Gasteiger partial charge < -0.3 is 10.6 Å². The Hall–Kier alpha value is -0.240. The van der Waals surface area contributed by atoms with Crippen LogP contribution in [0.4, 0.5) is 0 Å². The SMILES string of the molecule is CCC(C(N)=S)S(=O)(=O)NCCCN(C)C. The van der Waals surface area contributed by atoms with Crippen molar-refractivity contribution in [3.05, 3.63) is 0 Å². The Morgan fingerprint density at radius 2 is 2.06 bits per heavy atom. The zero-order valence-corrected chi connectivity index (χ0v) is 11.7. The molecule has 0 bridgehead atoms. The summed E-state index contributed by atoms with van der Waals surface area (Å²) in [4.78, 5) is 2.03. The lowest BCUT2D eigenvalue weighted by atomic mass is 10.3. The van der Waals surface area contributed by atoms with Gasteiger partial charge in [0.25, 0.3) is 0 Å². The monoisotopic (exact) mass is 267 g/mol. The van der Waals surface area contributed by atoms with Crippen LogP contribution in [0.5, 0.6) is 0 Å². The van der Waals surface area contributed by atoms with E-state index < -0.39 is 15.3 Å². The third kappa shape index (κ3) is 5.74. The molecule has 0 aromatic heterocycles. The maximum Gasteiger partial charge on any atom is 0.220 e. The summed E-state index contributed by atoms with van der Waals surface area (Å²) in [6.07, 6.45) is 1.17. The van der Waals surface area contributed by atoms with Gasteiger partial charge >= 0.3 is 0 Å². The number of rotatable bonds is 8. The molecular weight excluding hydrogens is 246 g/mol. The minimum absolute atomic E-state index is 0.0302. The largest absolute Gasteiger partial charge is 0.392 e. The van der Waals surface area contributed by atoms with Crippen LogP contribution >= 0.6 is 12.2 Å². The second-order valence-corrected chi connectivity index (χ2v) is 6.31. The van der Waals surface area contributed by atoms with Crippen LogP contribution in [0.25, 0.3) is 0 Å². The quantitative estimate of drug-likeness (QED) is 0.475. The summed E-state index contributed by atoms with van der Waals surface area (Å²) >= 11 is 4.74. The molecule has 16 heavy (non-hydrogen) atoms. The summed E-state index contributed by atoms with van der Waals surface area (Å²) in [5, 5.41) is -0.762. The Morgan fingerprint density at radius 1 is 1.50 bits per heavy atom. The first-order chi connectivity index (χ1) is 7.31. The van der Waals surface area contributed by atoms with Gasteiger partial charge in [-0.1, -0.05) is 19.1 Å². The van der Waals surface area contributed by atoms with Crippen molar-refractivity contribution in [2.45, 2.75) is 25.0 Å². The lowest BCUT2D eigenvalue weighted by Crippen LogP contribution is -2.42. The third-order valence-corrected chi connectivity index (χ3v) is 4.52. The molecule has 0 saturated carbocycles. The summed E-state index contributed by atoms with van der Waals surface area (Å²) in [6.45, 7) is 3.01. The van der Waals surface area contributed by atoms with E-state index in [2.05, 4.69) is 4.72 Å². The van der Waals surface area contributed by atoms with Gasteiger partial charge in [0, 0.05) is 6.54 Å². The van der Waals surface area contributed by atoms with Crippen molar-refractivity contribution in [3.8, 4) is 0 Å². The first-order valence-electron chi connectivity index (χ1n) is 5.23. The molecule has 0 aliphatic heterocycles. The normalized spacial score (nSPS) is 14.0. The van der Waals surface area contributed by atoms with E-state index in [9.17, 15) is 8.42 Å². The number of nitrogens with two attached hydrogens (primary N) is 1. The summed E-state index contributed by atoms with van der Waals surface area (Å²) in [5.41, 5.74) is 5.39. The first kappa shape index (κ1) is 15.8. The van der Waals surface area contributed by atoms with Crippen LogP contribution in [-0.4, -0.2) is 50.7 Å². The first-order valence-corrected chi connectivity index (χ1v) is 7.19. The van der Waals surface area contributed by atoms with Crippen LogP contribution in [0.1, 0.15) is 19.8 Å². The molecule has 7 heteroatoms. The van der Waals surface area contributed by atoms with Gasteiger partial charge in [-0.15, -0.1) is 0 Å². The molecule has 0 heterocycles. The van der Waals surface area contributed by atoms with Crippen LogP contribution in [-0.2, 0) is 10.0 Å². The number of thiocarbonyl (C=S) groups is 1. The van der Waals surface area contributed by atoms with Crippen LogP contribution < -0.4 is 10.5 Å². The van der Waals surface area contributed by atoms with E-state index in [1.54, 1.807) is 6.92 Å². The van der Waals surface area contributed by atoms with Gasteiger partial charge in [0.15, 0.2) is 0 Å². The van der Waals surface area contributed by atoms with E-state index in [1.165, 1.54) is 0 Å². The van der Waals surface area contributed by atoms with E-state index in [-0.39, 0.29) is 4.99 Å². The van der Waals surface area contributed by atoms with Gasteiger partial charge in [-0.2, -0.15) is 0 Å². The van der Waals surface area contributed by atoms with Crippen molar-refractivity contribution in [1.29, 1.82) is 0 Å². The molecule has 96 valence electrons. The molecular formula is C9H21N3O2S2. The molecule has 0 amide bonds. The fourth-order valence-corrected chi connectivity index (χ4v) is 3.21. The van der Waals surface area contributed by atoms with Crippen LogP contribution in [0.15, 0.2) is 0 Å². The van der Waals surface area contributed by atoms with E-state index >= 15 is 0 Å². The maximum atomic E-state index is 11.8. The highest BCUT2D eigenvalue weighted by Crippen LogP contribution is 2.04. The van der Waals surface area contributed by atoms with Gasteiger partial charge in [0.2, 0.25) is 10.0 Å². The lowest BCUT2D eigenvalue weighted by molar-refractivity contribution is 0.400. The molecule has 0 fully saturated rings. The Bertz CT molecular complexity index is 315.